The number of carboxylic acids is 1. The molecule has 0 aliphatic carbocycles. The lowest BCUT2D eigenvalue weighted by molar-refractivity contribution is 0.0698. The van der Waals surface area contributed by atoms with Crippen molar-refractivity contribution in [2.24, 2.45) is 0 Å². The average molecular weight is 286 g/mol. The summed E-state index contributed by atoms with van der Waals surface area (Å²) < 4.78 is 2.26. The van der Waals surface area contributed by atoms with Crippen molar-refractivity contribution in [2.45, 2.75) is 39.8 Å². The number of fused-ring (bicyclic) bond motifs is 3. The van der Waals surface area contributed by atoms with Gasteiger partial charge in [0.05, 0.1) is 11.1 Å². The number of rotatable bonds is 3. The van der Waals surface area contributed by atoms with Crippen molar-refractivity contribution in [1.29, 1.82) is 0 Å². The van der Waals surface area contributed by atoms with Gasteiger partial charge in [0.25, 0.3) is 0 Å². The molecule has 2 aromatic rings. The molecule has 0 fully saturated rings. The molecular weight excluding hydrogens is 264 g/mol. The van der Waals surface area contributed by atoms with Crippen molar-refractivity contribution < 1.29 is 9.90 Å². The topological polar surface area (TPSA) is 45.5 Å². The molecule has 0 radical (unpaired) electrons. The van der Waals surface area contributed by atoms with Crippen molar-refractivity contribution in [3.05, 3.63) is 34.5 Å². The Morgan fingerprint density at radius 2 is 2.14 bits per heavy atom. The van der Waals surface area contributed by atoms with E-state index < -0.39 is 5.97 Å². The monoisotopic (exact) mass is 286 g/mol. The molecule has 1 aromatic heterocycles. The molecule has 0 amide bonds. The van der Waals surface area contributed by atoms with Gasteiger partial charge in [0.2, 0.25) is 0 Å². The Morgan fingerprint density at radius 1 is 1.38 bits per heavy atom. The van der Waals surface area contributed by atoms with E-state index in [9.17, 15) is 9.90 Å². The molecule has 2 heterocycles. The van der Waals surface area contributed by atoms with Gasteiger partial charge in [-0.3, -0.25) is 0 Å². The zero-order valence-corrected chi connectivity index (χ0v) is 12.9. The van der Waals surface area contributed by atoms with Crippen LogP contribution in [0.2, 0.25) is 0 Å². The standard InChI is InChI=1S/C17H22N2O2/c1-4-8-19-14-7-9-18(3)10-13(14)12-6-5-11(2)15(16(12)19)17(20)21/h5-6H,4,7-10H2,1-3H3,(H,20,21). The van der Waals surface area contributed by atoms with Gasteiger partial charge in [0.15, 0.2) is 0 Å². The fourth-order valence-corrected chi connectivity index (χ4v) is 3.52. The third-order valence-corrected chi connectivity index (χ3v) is 4.47. The summed E-state index contributed by atoms with van der Waals surface area (Å²) in [6, 6.07) is 4.04. The highest BCUT2D eigenvalue weighted by molar-refractivity contribution is 6.05. The number of hydrogen-bond donors (Lipinski definition) is 1. The van der Waals surface area contributed by atoms with E-state index in [1.165, 1.54) is 11.3 Å². The summed E-state index contributed by atoms with van der Waals surface area (Å²) in [7, 11) is 2.12. The molecule has 1 aliphatic rings. The third kappa shape index (κ3) is 2.14. The van der Waals surface area contributed by atoms with Gasteiger partial charge in [0, 0.05) is 37.1 Å². The second-order valence-corrected chi connectivity index (χ2v) is 6.02. The Balaban J connectivity index is 2.39. The first-order valence-electron chi connectivity index (χ1n) is 7.60. The van der Waals surface area contributed by atoms with Crippen LogP contribution in [-0.2, 0) is 19.5 Å². The van der Waals surface area contributed by atoms with Crippen LogP contribution in [0.4, 0.5) is 0 Å². The Hall–Kier alpha value is -1.81. The van der Waals surface area contributed by atoms with Crippen molar-refractivity contribution in [3.8, 4) is 0 Å². The number of carboxylic acid groups (broad SMARTS) is 1. The van der Waals surface area contributed by atoms with Gasteiger partial charge < -0.3 is 14.6 Å². The van der Waals surface area contributed by atoms with Crippen molar-refractivity contribution in [1.82, 2.24) is 9.47 Å². The first-order valence-corrected chi connectivity index (χ1v) is 7.60. The van der Waals surface area contributed by atoms with Crippen LogP contribution in [0.5, 0.6) is 0 Å². The maximum atomic E-state index is 11.7. The molecule has 4 nitrogen and oxygen atoms in total. The molecule has 4 heteroatoms. The van der Waals surface area contributed by atoms with E-state index in [2.05, 4.69) is 29.5 Å². The summed E-state index contributed by atoms with van der Waals surface area (Å²) in [5.74, 6) is -0.821. The van der Waals surface area contributed by atoms with Gasteiger partial charge in [-0.1, -0.05) is 19.1 Å². The van der Waals surface area contributed by atoms with Gasteiger partial charge in [-0.05, 0) is 31.5 Å². The van der Waals surface area contributed by atoms with Crippen molar-refractivity contribution in [2.75, 3.05) is 13.6 Å². The van der Waals surface area contributed by atoms with Crippen molar-refractivity contribution >= 4 is 16.9 Å². The van der Waals surface area contributed by atoms with Gasteiger partial charge in [-0.25, -0.2) is 4.79 Å². The van der Waals surface area contributed by atoms with Gasteiger partial charge in [-0.15, -0.1) is 0 Å². The maximum absolute atomic E-state index is 11.7. The predicted molar refractivity (Wildman–Crippen MR) is 84.0 cm³/mol. The molecule has 1 aromatic carbocycles. The van der Waals surface area contributed by atoms with Crippen LogP contribution in [0.25, 0.3) is 10.9 Å². The number of aromatic carboxylic acids is 1. The first-order chi connectivity index (χ1) is 10.0. The highest BCUT2D eigenvalue weighted by Crippen LogP contribution is 2.34. The van der Waals surface area contributed by atoms with Crippen LogP contribution in [0, 0.1) is 6.92 Å². The summed E-state index contributed by atoms with van der Waals surface area (Å²) in [4.78, 5) is 14.0. The number of hydrogen-bond acceptors (Lipinski definition) is 2. The summed E-state index contributed by atoms with van der Waals surface area (Å²) in [6.07, 6.45) is 2.01. The largest absolute Gasteiger partial charge is 0.478 e. The molecule has 21 heavy (non-hydrogen) atoms. The number of likely N-dealkylation sites (N-methyl/N-ethyl adjacent to an activating group) is 1. The fraction of sp³-hybridized carbons (Fsp3) is 0.471. The number of carbonyl (C=O) groups is 1. The van der Waals surface area contributed by atoms with E-state index in [0.717, 1.165) is 48.9 Å². The van der Waals surface area contributed by atoms with Crippen LogP contribution >= 0.6 is 0 Å². The molecule has 0 saturated heterocycles. The van der Waals surface area contributed by atoms with Gasteiger partial charge >= 0.3 is 5.97 Å². The zero-order valence-electron chi connectivity index (χ0n) is 12.9. The number of aromatic nitrogens is 1. The van der Waals surface area contributed by atoms with E-state index in [4.69, 9.17) is 0 Å². The molecule has 1 N–H and O–H groups in total. The summed E-state index contributed by atoms with van der Waals surface area (Å²) in [5, 5.41) is 10.8. The molecule has 0 atom stereocenters. The minimum atomic E-state index is -0.821. The minimum absolute atomic E-state index is 0.470. The molecule has 3 rings (SSSR count). The predicted octanol–water partition coefficient (Wildman–Crippen LogP) is 3.05. The molecular formula is C17H22N2O2. The lowest BCUT2D eigenvalue weighted by atomic mass is 10.0. The number of aryl methyl sites for hydroxylation is 2. The lowest BCUT2D eigenvalue weighted by Crippen LogP contribution is -2.27. The highest BCUT2D eigenvalue weighted by atomic mass is 16.4. The van der Waals surface area contributed by atoms with Crippen molar-refractivity contribution in [3.63, 3.8) is 0 Å². The normalized spacial score (nSPS) is 15.4. The smallest absolute Gasteiger partial charge is 0.338 e. The minimum Gasteiger partial charge on any atom is -0.478 e. The first kappa shape index (κ1) is 14.1. The van der Waals surface area contributed by atoms with E-state index in [-0.39, 0.29) is 0 Å². The van der Waals surface area contributed by atoms with Gasteiger partial charge in [-0.2, -0.15) is 0 Å². The molecule has 0 unspecified atom stereocenters. The second-order valence-electron chi connectivity index (χ2n) is 6.02. The fourth-order valence-electron chi connectivity index (χ4n) is 3.52. The lowest BCUT2D eigenvalue weighted by Gasteiger charge is -2.24. The number of benzene rings is 1. The molecule has 0 bridgehead atoms. The van der Waals surface area contributed by atoms with E-state index in [0.29, 0.717) is 5.56 Å². The van der Waals surface area contributed by atoms with Crippen LogP contribution < -0.4 is 0 Å². The van der Waals surface area contributed by atoms with Crippen LogP contribution in [0.3, 0.4) is 0 Å². The molecule has 0 saturated carbocycles. The summed E-state index contributed by atoms with van der Waals surface area (Å²) in [5.41, 5.74) is 4.88. The number of nitrogens with zero attached hydrogens (tertiary/aromatic N) is 2. The summed E-state index contributed by atoms with van der Waals surface area (Å²) >= 11 is 0. The molecule has 0 spiro atoms. The zero-order chi connectivity index (χ0) is 15.1. The van der Waals surface area contributed by atoms with E-state index in [1.54, 1.807) is 0 Å². The van der Waals surface area contributed by atoms with Gasteiger partial charge in [0.1, 0.15) is 0 Å². The Labute approximate surface area is 125 Å². The van der Waals surface area contributed by atoms with Crippen LogP contribution in [0.1, 0.15) is 40.5 Å². The quantitative estimate of drug-likeness (QED) is 0.943. The molecule has 112 valence electrons. The Kier molecular flexibility index (Phi) is 3.49. The maximum Gasteiger partial charge on any atom is 0.338 e. The summed E-state index contributed by atoms with van der Waals surface area (Å²) in [6.45, 7) is 6.86. The SMILES string of the molecule is CCCn1c2c(c3ccc(C)c(C(=O)O)c31)CN(C)CC2. The van der Waals surface area contributed by atoms with E-state index in [1.807, 2.05) is 13.0 Å². The highest BCUT2D eigenvalue weighted by Gasteiger charge is 2.25. The Morgan fingerprint density at radius 3 is 2.81 bits per heavy atom. The Bertz CT molecular complexity index is 715. The van der Waals surface area contributed by atoms with E-state index >= 15 is 0 Å². The third-order valence-electron chi connectivity index (χ3n) is 4.47. The second kappa shape index (κ2) is 5.19. The average Bonchev–Trinajstić information content (AvgIpc) is 2.72. The van der Waals surface area contributed by atoms with Crippen LogP contribution in [0.15, 0.2) is 12.1 Å². The van der Waals surface area contributed by atoms with Crippen LogP contribution in [-0.4, -0.2) is 34.1 Å². The molecule has 1 aliphatic heterocycles.